The van der Waals surface area contributed by atoms with E-state index in [1.807, 2.05) is 6.92 Å². The van der Waals surface area contributed by atoms with E-state index in [9.17, 15) is 13.2 Å². The zero-order valence-corrected chi connectivity index (χ0v) is 12.8. The van der Waals surface area contributed by atoms with Gasteiger partial charge in [-0.15, -0.1) is 0 Å². The molecule has 2 N–H and O–H groups in total. The molecule has 118 valence electrons. The number of benzene rings is 1. The van der Waals surface area contributed by atoms with E-state index in [-0.39, 0.29) is 29.4 Å². The normalized spacial score (nSPS) is 11.6. The third-order valence-corrected chi connectivity index (χ3v) is 4.62. The van der Waals surface area contributed by atoms with Gasteiger partial charge in [0.1, 0.15) is 11.3 Å². The van der Waals surface area contributed by atoms with Crippen LogP contribution in [0.3, 0.4) is 0 Å². The molecule has 0 heterocycles. The van der Waals surface area contributed by atoms with Crippen molar-refractivity contribution in [3.05, 3.63) is 23.8 Å². The molecule has 0 saturated heterocycles. The summed E-state index contributed by atoms with van der Waals surface area (Å²) in [7, 11) is -2.53. The number of carbonyl (C=O) groups is 1. The predicted octanol–water partition coefficient (Wildman–Crippen LogP) is 0.786. The van der Waals surface area contributed by atoms with Crippen LogP contribution in [0.25, 0.3) is 0 Å². The second-order valence-electron chi connectivity index (χ2n) is 4.36. The van der Waals surface area contributed by atoms with Crippen molar-refractivity contribution >= 4 is 16.0 Å². The highest BCUT2D eigenvalue weighted by Gasteiger charge is 2.23. The van der Waals surface area contributed by atoms with Crippen molar-refractivity contribution in [2.45, 2.75) is 18.2 Å². The number of likely N-dealkylation sites (N-methyl/N-ethyl adjacent to an activating group) is 1. The first kappa shape index (κ1) is 17.4. The second kappa shape index (κ2) is 7.39. The monoisotopic (exact) mass is 317 g/mol. The van der Waals surface area contributed by atoms with Crippen molar-refractivity contribution in [2.24, 2.45) is 0 Å². The molecule has 0 aliphatic heterocycles. The number of aliphatic hydroxyl groups excluding tert-OH is 1. The molecule has 7 nitrogen and oxygen atoms in total. The molecule has 8 heteroatoms. The third-order valence-electron chi connectivity index (χ3n) is 2.77. The lowest BCUT2D eigenvalue weighted by Gasteiger charge is -2.17. The SMILES string of the molecule is CCCOc1ccc(S(=O)(=O)N(C)CCO)cc1C(=O)O. The lowest BCUT2D eigenvalue weighted by atomic mass is 10.2. The van der Waals surface area contributed by atoms with E-state index in [4.69, 9.17) is 14.9 Å². The average Bonchev–Trinajstić information content (AvgIpc) is 2.44. The summed E-state index contributed by atoms with van der Waals surface area (Å²) in [5.74, 6) is -1.13. The minimum atomic E-state index is -3.84. The third kappa shape index (κ3) is 4.16. The molecule has 0 aliphatic carbocycles. The fourth-order valence-electron chi connectivity index (χ4n) is 1.62. The summed E-state index contributed by atoms with van der Waals surface area (Å²) < 4.78 is 30.7. The number of aliphatic hydroxyl groups is 1. The van der Waals surface area contributed by atoms with Crippen molar-refractivity contribution in [3.8, 4) is 5.75 Å². The molecule has 0 saturated carbocycles. The molecule has 1 aromatic carbocycles. The van der Waals surface area contributed by atoms with E-state index in [1.165, 1.54) is 19.2 Å². The molecule has 1 aromatic rings. The van der Waals surface area contributed by atoms with Crippen LogP contribution in [0.1, 0.15) is 23.7 Å². The number of carboxylic acids is 1. The van der Waals surface area contributed by atoms with Gasteiger partial charge in [0.25, 0.3) is 0 Å². The lowest BCUT2D eigenvalue weighted by Crippen LogP contribution is -2.29. The first-order valence-corrected chi connectivity index (χ1v) is 7.86. The molecule has 0 aliphatic rings. The Morgan fingerprint density at radius 1 is 1.38 bits per heavy atom. The van der Waals surface area contributed by atoms with Gasteiger partial charge in [0.15, 0.2) is 0 Å². The molecule has 0 unspecified atom stereocenters. The van der Waals surface area contributed by atoms with Crippen LogP contribution in [0.4, 0.5) is 0 Å². The molecular weight excluding hydrogens is 298 g/mol. The number of rotatable bonds is 8. The summed E-state index contributed by atoms with van der Waals surface area (Å²) in [5, 5.41) is 18.0. The van der Waals surface area contributed by atoms with Crippen molar-refractivity contribution in [1.29, 1.82) is 0 Å². The van der Waals surface area contributed by atoms with Gasteiger partial charge < -0.3 is 14.9 Å². The summed E-state index contributed by atoms with van der Waals surface area (Å²) >= 11 is 0. The smallest absolute Gasteiger partial charge is 0.339 e. The largest absolute Gasteiger partial charge is 0.493 e. The number of sulfonamides is 1. The summed E-state index contributed by atoms with van der Waals surface area (Å²) in [6.07, 6.45) is 0.707. The minimum Gasteiger partial charge on any atom is -0.493 e. The van der Waals surface area contributed by atoms with Gasteiger partial charge in [-0.3, -0.25) is 0 Å². The highest BCUT2D eigenvalue weighted by atomic mass is 32.2. The molecule has 0 fully saturated rings. The Morgan fingerprint density at radius 2 is 2.05 bits per heavy atom. The fourth-order valence-corrected chi connectivity index (χ4v) is 2.80. The number of hydrogen-bond acceptors (Lipinski definition) is 5. The van der Waals surface area contributed by atoms with Gasteiger partial charge in [0.05, 0.1) is 18.1 Å². The van der Waals surface area contributed by atoms with Crippen molar-refractivity contribution < 1.29 is 28.2 Å². The van der Waals surface area contributed by atoms with Gasteiger partial charge in [0, 0.05) is 13.6 Å². The summed E-state index contributed by atoms with van der Waals surface area (Å²) in [6, 6.07) is 3.69. The summed E-state index contributed by atoms with van der Waals surface area (Å²) in [6.45, 7) is 1.83. The molecule has 0 bridgehead atoms. The van der Waals surface area contributed by atoms with E-state index in [1.54, 1.807) is 0 Å². The Morgan fingerprint density at radius 3 is 2.57 bits per heavy atom. The van der Waals surface area contributed by atoms with Gasteiger partial charge in [-0.05, 0) is 24.6 Å². The number of nitrogens with zero attached hydrogens (tertiary/aromatic N) is 1. The second-order valence-corrected chi connectivity index (χ2v) is 6.41. The predicted molar refractivity (Wildman–Crippen MR) is 76.1 cm³/mol. The zero-order chi connectivity index (χ0) is 16.0. The van der Waals surface area contributed by atoms with E-state index in [0.717, 1.165) is 10.4 Å². The van der Waals surface area contributed by atoms with Crippen LogP contribution >= 0.6 is 0 Å². The average molecular weight is 317 g/mol. The fraction of sp³-hybridized carbons (Fsp3) is 0.462. The van der Waals surface area contributed by atoms with Crippen LogP contribution in [-0.2, 0) is 10.0 Å². The highest BCUT2D eigenvalue weighted by molar-refractivity contribution is 7.89. The Labute approximate surface area is 123 Å². The minimum absolute atomic E-state index is 0.0706. The van der Waals surface area contributed by atoms with E-state index >= 15 is 0 Å². The number of hydrogen-bond donors (Lipinski definition) is 2. The van der Waals surface area contributed by atoms with Crippen LogP contribution in [0.15, 0.2) is 23.1 Å². The Kier molecular flexibility index (Phi) is 6.13. The van der Waals surface area contributed by atoms with Crippen LogP contribution in [0, 0.1) is 0 Å². The quantitative estimate of drug-likeness (QED) is 0.734. The molecule has 0 amide bonds. The highest BCUT2D eigenvalue weighted by Crippen LogP contribution is 2.24. The molecular formula is C13H19NO6S. The standard InChI is InChI=1S/C13H19NO6S/c1-3-8-20-12-5-4-10(9-11(12)13(16)17)21(18,19)14(2)6-7-15/h4-5,9,15H,3,6-8H2,1-2H3,(H,16,17). The van der Waals surface area contributed by atoms with Crippen LogP contribution < -0.4 is 4.74 Å². The molecule has 1 rings (SSSR count). The summed E-state index contributed by atoms with van der Waals surface area (Å²) in [5.41, 5.74) is -0.207. The number of ether oxygens (including phenoxy) is 1. The van der Waals surface area contributed by atoms with Crippen molar-refractivity contribution in [2.75, 3.05) is 26.8 Å². The van der Waals surface area contributed by atoms with E-state index in [2.05, 4.69) is 0 Å². The Balaban J connectivity index is 3.22. The zero-order valence-electron chi connectivity index (χ0n) is 11.9. The number of carboxylic acid groups (broad SMARTS) is 1. The lowest BCUT2D eigenvalue weighted by molar-refractivity contribution is 0.0692. The maximum Gasteiger partial charge on any atom is 0.339 e. The molecule has 0 aromatic heterocycles. The van der Waals surface area contributed by atoms with E-state index in [0.29, 0.717) is 13.0 Å². The first-order chi connectivity index (χ1) is 9.84. The van der Waals surface area contributed by atoms with Crippen LogP contribution in [-0.4, -0.2) is 55.7 Å². The molecule has 21 heavy (non-hydrogen) atoms. The first-order valence-electron chi connectivity index (χ1n) is 6.42. The van der Waals surface area contributed by atoms with Gasteiger partial charge in [0.2, 0.25) is 10.0 Å². The van der Waals surface area contributed by atoms with Gasteiger partial charge in [-0.1, -0.05) is 6.92 Å². The number of aromatic carboxylic acids is 1. The van der Waals surface area contributed by atoms with Crippen LogP contribution in [0.2, 0.25) is 0 Å². The summed E-state index contributed by atoms with van der Waals surface area (Å²) in [4.78, 5) is 11.1. The molecule has 0 spiro atoms. The van der Waals surface area contributed by atoms with Gasteiger partial charge in [-0.2, -0.15) is 4.31 Å². The maximum absolute atomic E-state index is 12.2. The van der Waals surface area contributed by atoms with Gasteiger partial charge >= 0.3 is 5.97 Å². The maximum atomic E-state index is 12.2. The van der Waals surface area contributed by atoms with Gasteiger partial charge in [-0.25, -0.2) is 13.2 Å². The van der Waals surface area contributed by atoms with Crippen LogP contribution in [0.5, 0.6) is 5.75 Å². The van der Waals surface area contributed by atoms with E-state index < -0.39 is 16.0 Å². The topological polar surface area (TPSA) is 104 Å². The Bertz CT molecular complexity index is 599. The van der Waals surface area contributed by atoms with Crippen molar-refractivity contribution in [3.63, 3.8) is 0 Å². The Hall–Kier alpha value is -1.64. The molecule has 0 atom stereocenters. The van der Waals surface area contributed by atoms with Crippen molar-refractivity contribution in [1.82, 2.24) is 4.31 Å². The molecule has 0 radical (unpaired) electrons.